The number of hydrogen-bond donors (Lipinski definition) is 0. The van der Waals surface area contributed by atoms with Crippen LogP contribution in [0.15, 0.2) is 0 Å². The van der Waals surface area contributed by atoms with Gasteiger partial charge in [-0.2, -0.15) is 5.26 Å². The first-order valence-corrected chi connectivity index (χ1v) is 43.8. The maximum Gasteiger partial charge on any atom is 0.327 e. The van der Waals surface area contributed by atoms with Gasteiger partial charge in [-0.1, -0.05) is 131 Å². The Morgan fingerprint density at radius 2 is 0.893 bits per heavy atom. The van der Waals surface area contributed by atoms with Crippen molar-refractivity contribution >= 4 is 83.4 Å². The Hall–Kier alpha value is -7.77. The number of Topliss-reactive ketones (excluding diaryl/α,β-unsaturated/α-hetero) is 1. The number of ether oxygens (including phenoxy) is 14. The Morgan fingerprint density at radius 1 is 0.427 bits per heavy atom. The van der Waals surface area contributed by atoms with Gasteiger partial charge in [-0.05, 0) is 205 Å². The number of rotatable bonds is 22. The second-order valence-corrected chi connectivity index (χ2v) is 40.8. The predicted octanol–water partition coefficient (Wildman–Crippen LogP) is 18.7. The molecule has 9 heterocycles. The average molecular weight is 1860 g/mol. The van der Waals surface area contributed by atoms with Crippen molar-refractivity contribution in [1.82, 2.24) is 0 Å². The lowest BCUT2D eigenvalue weighted by Gasteiger charge is -2.48. The van der Waals surface area contributed by atoms with E-state index in [1.165, 1.54) is 7.11 Å². The van der Waals surface area contributed by atoms with Crippen LogP contribution in [-0.4, -0.2) is 176 Å². The molecule has 14 bridgehead atoms. The van der Waals surface area contributed by atoms with Gasteiger partial charge in [-0.25, -0.2) is 0 Å². The molecule has 0 N–H and O–H groups in total. The summed E-state index contributed by atoms with van der Waals surface area (Å²) in [5.74, 6) is -2.63. The molecule has 19 aliphatic rings. The Kier molecular flexibility index (Phi) is 43.0. The van der Waals surface area contributed by atoms with Crippen LogP contribution >= 0.6 is 0 Å². The Balaban J connectivity index is 0.00000152. The Labute approximate surface area is 786 Å². The second-order valence-electron chi connectivity index (χ2n) is 40.8. The molecule has 29 nitrogen and oxygen atoms in total. The van der Waals surface area contributed by atoms with Crippen LogP contribution in [0.3, 0.4) is 0 Å². The summed E-state index contributed by atoms with van der Waals surface area (Å²) in [6, 6.07) is 2.15. The minimum absolute atomic E-state index is 0. The maximum absolute atomic E-state index is 12.4. The van der Waals surface area contributed by atoms with Gasteiger partial charge in [0.1, 0.15) is 72.9 Å². The minimum Gasteiger partial charge on any atom is -0.469 e. The quantitative estimate of drug-likeness (QED) is 0.0717. The van der Waals surface area contributed by atoms with Crippen molar-refractivity contribution in [2.24, 2.45) is 127 Å². The summed E-state index contributed by atoms with van der Waals surface area (Å²) in [4.78, 5) is 167. The molecule has 19 rings (SSSR count). The summed E-state index contributed by atoms with van der Waals surface area (Å²) in [5, 5.41) is 9.31. The number of fused-ring (bicyclic) bond motifs is 8. The number of carbonyl (C=O) groups is 14. The fourth-order valence-electron chi connectivity index (χ4n) is 21.0. The molecule has 0 radical (unpaired) electrons. The van der Waals surface area contributed by atoms with Crippen molar-refractivity contribution in [3.8, 4) is 6.07 Å². The van der Waals surface area contributed by atoms with Crippen molar-refractivity contribution < 1.29 is 133 Å². The first-order valence-electron chi connectivity index (χ1n) is 43.8. The summed E-state index contributed by atoms with van der Waals surface area (Å²) in [6.45, 7) is 35.9. The number of methoxy groups -OCH3 is 1. The lowest BCUT2D eigenvalue weighted by Crippen LogP contribution is -2.57. The number of nitriles is 1. The van der Waals surface area contributed by atoms with Crippen LogP contribution in [0.5, 0.6) is 0 Å². The van der Waals surface area contributed by atoms with E-state index >= 15 is 0 Å². The Morgan fingerprint density at radius 3 is 1.39 bits per heavy atom. The van der Waals surface area contributed by atoms with E-state index in [4.69, 9.17) is 66.3 Å². The van der Waals surface area contributed by atoms with Gasteiger partial charge in [0.25, 0.3) is 0 Å². The van der Waals surface area contributed by atoms with Crippen molar-refractivity contribution in [1.29, 1.82) is 5.26 Å². The van der Waals surface area contributed by atoms with E-state index in [9.17, 15) is 72.4 Å². The molecular formula is C102H175NO28. The largest absolute Gasteiger partial charge is 0.469 e. The maximum atomic E-state index is 12.4. The van der Waals surface area contributed by atoms with Gasteiger partial charge in [-0.15, -0.1) is 0 Å². The van der Waals surface area contributed by atoms with Crippen LogP contribution < -0.4 is 0 Å². The standard InChI is InChI=1S/C18H26O5.C16H22O6.C15H19NO4.C14H20O4.C14H22O4.C13H18O5.12CH4/c1-4-18(2,3)17(21)22-6-5-15(20)23-16-10-7-11-12(8-10)14(19)9-13(11)16;1-5-16(2,3)15(19)22-12-7-6-8-10(9(7)13(17)20-4)14(18)21-11(8)12;1-4-14(2,3)12(17)19-10-8-5-9-11(10)20-13(18)15(9,6-8)7-16;1-4-14(2,3)13(16)18-11-8-5-7-6-9(8)12(15)17-10(7)11;1-5-13(2,3)12(16)17-10-8-9-6-7-14(10,4)18-11(9)15;1-4-13(2,3)12(15)18-9-7-5-6-8(16-7)10(9)17-11(6)14;;;;;;;;;;;;/h10-13,16H,4-9H2,1-3H3;7-12H,5-6H2,1-4H3;8-11H,4-6H2,1-3H3;7-11H,4-6H2,1-3H3;9-10H,5-8H2,1-4H3;6-10H,4-5H2,1-3H3;12*1H4. The molecule has 0 spiro atoms. The first-order chi connectivity index (χ1) is 55.7. The van der Waals surface area contributed by atoms with Crippen LogP contribution in [0.4, 0.5) is 0 Å². The number of ketones is 1. The molecule has 9 aliphatic heterocycles. The van der Waals surface area contributed by atoms with E-state index in [1.807, 2.05) is 132 Å². The lowest BCUT2D eigenvalue weighted by atomic mass is 9.74. The normalized spacial score (nSPS) is 35.1. The van der Waals surface area contributed by atoms with Gasteiger partial charge in [0.15, 0.2) is 17.6 Å². The number of carbonyl (C=O) groups excluding carboxylic acids is 14. The molecule has 10 aliphatic carbocycles. The van der Waals surface area contributed by atoms with Gasteiger partial charge < -0.3 is 66.3 Å². The second kappa shape index (κ2) is 45.7. The predicted molar refractivity (Wildman–Crippen MR) is 496 cm³/mol. The van der Waals surface area contributed by atoms with E-state index < -0.39 is 97.8 Å². The molecule has 0 amide bonds. The van der Waals surface area contributed by atoms with Crippen LogP contribution in [0.25, 0.3) is 0 Å². The summed E-state index contributed by atoms with van der Waals surface area (Å²) in [7, 11) is 1.31. The highest BCUT2D eigenvalue weighted by molar-refractivity contribution is 5.88. The third-order valence-electron chi connectivity index (χ3n) is 31.4. The molecule has 29 heteroatoms. The zero-order chi connectivity index (χ0) is 87.4. The summed E-state index contributed by atoms with van der Waals surface area (Å²) < 4.78 is 76.3. The zero-order valence-electron chi connectivity index (χ0n) is 73.1. The first kappa shape index (κ1) is 123. The molecule has 756 valence electrons. The molecule has 29 unspecified atom stereocenters. The van der Waals surface area contributed by atoms with Crippen LogP contribution in [0.1, 0.15) is 343 Å². The van der Waals surface area contributed by atoms with E-state index in [0.717, 1.165) is 57.8 Å². The Bertz CT molecular complexity index is 3970. The van der Waals surface area contributed by atoms with Crippen molar-refractivity contribution in [3.05, 3.63) is 0 Å². The zero-order valence-corrected chi connectivity index (χ0v) is 73.1. The van der Waals surface area contributed by atoms with E-state index in [-0.39, 0.29) is 270 Å². The van der Waals surface area contributed by atoms with Gasteiger partial charge in [0.05, 0.1) is 87.8 Å². The third-order valence-corrected chi connectivity index (χ3v) is 31.4. The van der Waals surface area contributed by atoms with Gasteiger partial charge in [0.2, 0.25) is 0 Å². The van der Waals surface area contributed by atoms with Crippen molar-refractivity contribution in [2.45, 2.75) is 422 Å². The fraction of sp³-hybridized carbons (Fsp3) is 0.853. The minimum atomic E-state index is -0.974. The van der Waals surface area contributed by atoms with Crippen molar-refractivity contribution in [3.63, 3.8) is 0 Å². The number of nitrogens with zero attached hydrogens (tertiary/aromatic N) is 1. The molecule has 9 saturated heterocycles. The molecule has 29 atom stereocenters. The average Bonchev–Trinajstić information content (AvgIpc) is 1.53. The van der Waals surface area contributed by atoms with E-state index in [2.05, 4.69) is 6.07 Å². The molecule has 0 aromatic carbocycles. The molecule has 19 fully saturated rings. The van der Waals surface area contributed by atoms with Gasteiger partial charge in [-0.3, -0.25) is 67.1 Å². The molecule has 131 heavy (non-hydrogen) atoms. The smallest absolute Gasteiger partial charge is 0.327 e. The summed E-state index contributed by atoms with van der Waals surface area (Å²) >= 11 is 0. The highest BCUT2D eigenvalue weighted by atomic mass is 16.7. The molecule has 0 aromatic rings. The van der Waals surface area contributed by atoms with E-state index in [1.54, 1.807) is 0 Å². The SMILES string of the molecule is C.C.C.C.C.C.C.C.C.C.C.C.CCC(C)(C)C(=O)OC1C2CC3C(=O)OC1C3O2.CCC(C)(C)C(=O)OC1C2CC3C1OC(=O)C3(C#N)C2.CCC(C)(C)C(=O)OC1C2CC3C1OC(=O)C3C2C(=O)OC.CCC(C)(C)C(=O)OC1C2CC3CC2C(=O)OC31.CCC(C)(C)C(=O)OC1CC2CCC1(C)OC2=O.CCC(C)(C)C(=O)OCCC(=O)OC1C2CC3C(=O)CC1C3C2. The fourth-order valence-corrected chi connectivity index (χ4v) is 21.0. The van der Waals surface area contributed by atoms with Crippen LogP contribution in [0.2, 0.25) is 0 Å². The monoisotopic (exact) mass is 1860 g/mol. The number of esters is 13. The third kappa shape index (κ3) is 22.7. The van der Waals surface area contributed by atoms with Crippen LogP contribution in [0, 0.1) is 138 Å². The lowest BCUT2D eigenvalue weighted by molar-refractivity contribution is -0.221. The molecular weight excluding hydrogens is 1690 g/mol. The molecule has 10 saturated carbocycles. The van der Waals surface area contributed by atoms with E-state index in [0.29, 0.717) is 81.3 Å². The van der Waals surface area contributed by atoms with Gasteiger partial charge in [0, 0.05) is 60.2 Å². The summed E-state index contributed by atoms with van der Waals surface area (Å²) in [5.41, 5.74) is -4.68. The highest BCUT2D eigenvalue weighted by Crippen LogP contribution is 2.64. The summed E-state index contributed by atoms with van der Waals surface area (Å²) in [6.07, 6.45) is 9.80. The highest BCUT2D eigenvalue weighted by Gasteiger charge is 2.74. The van der Waals surface area contributed by atoms with Crippen LogP contribution in [-0.2, 0) is 133 Å². The topological polar surface area (TPSA) is 392 Å². The number of hydrogen-bond acceptors (Lipinski definition) is 29. The van der Waals surface area contributed by atoms with Gasteiger partial charge >= 0.3 is 77.6 Å². The van der Waals surface area contributed by atoms with Crippen molar-refractivity contribution in [2.75, 3.05) is 13.7 Å². The molecule has 0 aromatic heterocycles.